The predicted octanol–water partition coefficient (Wildman–Crippen LogP) is 3.49. The van der Waals surface area contributed by atoms with Crippen LogP contribution < -0.4 is 10.6 Å². The van der Waals surface area contributed by atoms with Crippen molar-refractivity contribution in [3.05, 3.63) is 52.0 Å². The molecule has 2 aromatic heterocycles. The van der Waals surface area contributed by atoms with E-state index < -0.39 is 5.91 Å². The van der Waals surface area contributed by atoms with E-state index >= 15 is 0 Å². The number of rotatable bonds is 4. The van der Waals surface area contributed by atoms with Gasteiger partial charge in [-0.25, -0.2) is 0 Å². The van der Waals surface area contributed by atoms with Crippen molar-refractivity contribution in [2.75, 3.05) is 4.90 Å². The van der Waals surface area contributed by atoms with Crippen molar-refractivity contribution in [3.63, 3.8) is 0 Å². The zero-order valence-corrected chi connectivity index (χ0v) is 16.1. The van der Waals surface area contributed by atoms with Crippen LogP contribution in [0.25, 0.3) is 11.3 Å². The largest absolute Gasteiger partial charge is 0.365 e. The van der Waals surface area contributed by atoms with E-state index in [1.165, 1.54) is 18.7 Å². The maximum atomic E-state index is 12.6. The van der Waals surface area contributed by atoms with Crippen LogP contribution >= 0.6 is 11.3 Å². The molecule has 3 aromatic rings. The first-order valence-corrected chi connectivity index (χ1v) is 9.52. The van der Waals surface area contributed by atoms with Gasteiger partial charge in [0.1, 0.15) is 5.00 Å². The minimum atomic E-state index is -0.557. The predicted molar refractivity (Wildman–Crippen MR) is 105 cm³/mol. The van der Waals surface area contributed by atoms with Crippen LogP contribution in [-0.4, -0.2) is 22.8 Å². The molecular formula is C20H17N3O4S. The molecule has 142 valence electrons. The van der Waals surface area contributed by atoms with E-state index in [1.807, 2.05) is 30.3 Å². The number of hydrogen-bond donors (Lipinski definition) is 1. The number of ketones is 1. The number of Topliss-reactive ketones (excluding diaryl/α,β-unsaturated/α-hetero) is 1. The number of benzene rings is 1. The normalized spacial score (nSPS) is 12.2. The number of para-hydroxylation sites is 1. The zero-order valence-electron chi connectivity index (χ0n) is 15.3. The Morgan fingerprint density at radius 2 is 1.79 bits per heavy atom. The van der Waals surface area contributed by atoms with Crippen molar-refractivity contribution < 1.29 is 18.9 Å². The molecule has 0 bridgehead atoms. The van der Waals surface area contributed by atoms with Crippen LogP contribution in [0.2, 0.25) is 0 Å². The quantitative estimate of drug-likeness (QED) is 0.681. The number of carbonyl (C=O) groups excluding carboxylic acids is 3. The lowest BCUT2D eigenvalue weighted by atomic mass is 9.89. The highest BCUT2D eigenvalue weighted by Gasteiger charge is 2.35. The van der Waals surface area contributed by atoms with Gasteiger partial charge in [0.25, 0.3) is 5.91 Å². The Bertz CT molecular complexity index is 1110. The highest BCUT2D eigenvalue weighted by Crippen LogP contribution is 2.49. The van der Waals surface area contributed by atoms with Gasteiger partial charge in [0.05, 0.1) is 10.4 Å². The minimum Gasteiger partial charge on any atom is -0.365 e. The summed E-state index contributed by atoms with van der Waals surface area (Å²) in [6.45, 7) is 2.89. The minimum absolute atomic E-state index is 0.188. The number of aromatic nitrogens is 1. The molecule has 1 aliphatic rings. The van der Waals surface area contributed by atoms with Gasteiger partial charge in [-0.2, -0.15) is 0 Å². The summed E-state index contributed by atoms with van der Waals surface area (Å²) in [6, 6.07) is 9.13. The third-order valence-electron chi connectivity index (χ3n) is 4.72. The zero-order chi connectivity index (χ0) is 20.0. The van der Waals surface area contributed by atoms with Crippen LogP contribution in [0.15, 0.2) is 34.9 Å². The molecule has 28 heavy (non-hydrogen) atoms. The van der Waals surface area contributed by atoms with Crippen molar-refractivity contribution in [3.8, 4) is 11.3 Å². The molecule has 0 fully saturated rings. The fourth-order valence-electron chi connectivity index (χ4n) is 3.56. The van der Waals surface area contributed by atoms with Crippen molar-refractivity contribution in [2.24, 2.45) is 5.73 Å². The second kappa shape index (κ2) is 6.72. The molecule has 8 heteroatoms. The van der Waals surface area contributed by atoms with Gasteiger partial charge in [-0.1, -0.05) is 23.4 Å². The van der Waals surface area contributed by atoms with E-state index in [-0.39, 0.29) is 17.4 Å². The first kappa shape index (κ1) is 18.1. The molecular weight excluding hydrogens is 378 g/mol. The van der Waals surface area contributed by atoms with Crippen molar-refractivity contribution in [2.45, 2.75) is 26.7 Å². The molecule has 2 heterocycles. The average molecular weight is 395 g/mol. The van der Waals surface area contributed by atoms with Gasteiger partial charge in [0.2, 0.25) is 5.91 Å². The molecule has 0 aliphatic heterocycles. The summed E-state index contributed by atoms with van der Waals surface area (Å²) in [5, 5.41) is 4.47. The fourth-order valence-corrected chi connectivity index (χ4v) is 4.83. The SMILES string of the molecule is CC(=O)c1noc2c1CCc1c(C(N)=O)sc(N(C(C)=O)c3ccccc3)c1-2. The summed E-state index contributed by atoms with van der Waals surface area (Å²) in [5.74, 6) is -0.539. The second-order valence-corrected chi connectivity index (χ2v) is 7.54. The number of anilines is 2. The number of primary amides is 1. The molecule has 0 atom stereocenters. The highest BCUT2D eigenvalue weighted by atomic mass is 32.1. The van der Waals surface area contributed by atoms with Gasteiger partial charge in [0.15, 0.2) is 17.2 Å². The number of carbonyl (C=O) groups is 3. The maximum Gasteiger partial charge on any atom is 0.259 e. The summed E-state index contributed by atoms with van der Waals surface area (Å²) < 4.78 is 5.52. The summed E-state index contributed by atoms with van der Waals surface area (Å²) >= 11 is 1.15. The van der Waals surface area contributed by atoms with Gasteiger partial charge < -0.3 is 10.3 Å². The van der Waals surface area contributed by atoms with Crippen LogP contribution in [-0.2, 0) is 17.6 Å². The third-order valence-corrected chi connectivity index (χ3v) is 5.95. The van der Waals surface area contributed by atoms with Crippen LogP contribution in [0.3, 0.4) is 0 Å². The van der Waals surface area contributed by atoms with Gasteiger partial charge in [0, 0.05) is 25.1 Å². The topological polar surface area (TPSA) is 106 Å². The lowest BCUT2D eigenvalue weighted by molar-refractivity contribution is -0.115. The van der Waals surface area contributed by atoms with E-state index in [9.17, 15) is 14.4 Å². The van der Waals surface area contributed by atoms with Crippen LogP contribution in [0.5, 0.6) is 0 Å². The Morgan fingerprint density at radius 1 is 1.11 bits per heavy atom. The summed E-state index contributed by atoms with van der Waals surface area (Å²) in [6.07, 6.45) is 1.03. The maximum absolute atomic E-state index is 12.6. The smallest absolute Gasteiger partial charge is 0.259 e. The standard InChI is InChI=1S/C20H17N3O4S/c1-10(24)16-14-9-8-13-15(17(14)27-22-16)20(28-18(13)19(21)26)23(11(2)25)12-6-4-3-5-7-12/h3-7H,8-9H2,1-2H3,(H2,21,26). The van der Waals surface area contributed by atoms with Crippen molar-refractivity contribution in [1.29, 1.82) is 0 Å². The monoisotopic (exact) mass is 395 g/mol. The Kier molecular flexibility index (Phi) is 4.35. The summed E-state index contributed by atoms with van der Waals surface area (Å²) in [7, 11) is 0. The van der Waals surface area contributed by atoms with Crippen LogP contribution in [0.1, 0.15) is 45.1 Å². The first-order valence-electron chi connectivity index (χ1n) is 8.71. The molecule has 0 spiro atoms. The summed E-state index contributed by atoms with van der Waals surface area (Å²) in [4.78, 5) is 38.4. The van der Waals surface area contributed by atoms with Crippen LogP contribution in [0, 0.1) is 0 Å². The Hall–Kier alpha value is -3.26. The van der Waals surface area contributed by atoms with E-state index in [1.54, 1.807) is 0 Å². The number of thiophene rings is 1. The Balaban J connectivity index is 2.00. The lowest BCUT2D eigenvalue weighted by Gasteiger charge is -2.22. The number of nitrogens with two attached hydrogens (primary N) is 1. The Morgan fingerprint density at radius 3 is 2.39 bits per heavy atom. The second-order valence-electron chi connectivity index (χ2n) is 6.54. The number of amides is 2. The van der Waals surface area contributed by atoms with Crippen LogP contribution in [0.4, 0.5) is 10.7 Å². The molecule has 1 aliphatic carbocycles. The number of hydrogen-bond acceptors (Lipinski definition) is 6. The molecule has 4 rings (SSSR count). The first-order chi connectivity index (χ1) is 13.4. The van der Waals surface area contributed by atoms with E-state index in [0.717, 1.165) is 16.9 Å². The lowest BCUT2D eigenvalue weighted by Crippen LogP contribution is -2.22. The molecule has 7 nitrogen and oxygen atoms in total. The van der Waals surface area contributed by atoms with E-state index in [4.69, 9.17) is 10.3 Å². The molecule has 2 N–H and O–H groups in total. The van der Waals surface area contributed by atoms with Gasteiger partial charge in [-0.15, -0.1) is 11.3 Å². The van der Waals surface area contributed by atoms with Crippen molar-refractivity contribution >= 4 is 39.6 Å². The molecule has 0 saturated carbocycles. The van der Waals surface area contributed by atoms with Gasteiger partial charge >= 0.3 is 0 Å². The third kappa shape index (κ3) is 2.73. The van der Waals surface area contributed by atoms with Gasteiger partial charge in [-0.05, 0) is 30.5 Å². The van der Waals surface area contributed by atoms with Crippen molar-refractivity contribution in [1.82, 2.24) is 5.16 Å². The number of nitrogens with zero attached hydrogens (tertiary/aromatic N) is 2. The average Bonchev–Trinajstić information content (AvgIpc) is 3.24. The fraction of sp³-hybridized carbons (Fsp3) is 0.200. The Labute approximate surface area is 164 Å². The summed E-state index contributed by atoms with van der Waals surface area (Å²) in [5.41, 5.74) is 8.59. The molecule has 0 saturated heterocycles. The van der Waals surface area contributed by atoms with Gasteiger partial charge in [-0.3, -0.25) is 19.3 Å². The molecule has 1 aromatic carbocycles. The number of fused-ring (bicyclic) bond motifs is 3. The molecule has 0 radical (unpaired) electrons. The van der Waals surface area contributed by atoms with E-state index in [2.05, 4.69) is 5.16 Å². The van der Waals surface area contributed by atoms with E-state index in [0.29, 0.717) is 45.3 Å². The molecule has 0 unspecified atom stereocenters. The highest BCUT2D eigenvalue weighted by molar-refractivity contribution is 7.19. The molecule has 2 amide bonds.